The Morgan fingerprint density at radius 3 is 2.41 bits per heavy atom. The van der Waals surface area contributed by atoms with Gasteiger partial charge < -0.3 is 30.3 Å². The number of nitrogens with one attached hydrogen (secondary N) is 4. The zero-order valence-electron chi connectivity index (χ0n) is 27.8. The van der Waals surface area contributed by atoms with Crippen LogP contribution < -0.4 is 16.0 Å². The molecule has 5 rings (SSSR count). The Labute approximate surface area is 283 Å². The molecular weight excluding hydrogens is 630 g/mol. The van der Waals surface area contributed by atoms with Crippen molar-refractivity contribution in [1.82, 2.24) is 45.4 Å². The minimum Gasteiger partial charge on any atom is -0.467 e. The lowest BCUT2D eigenvalue weighted by atomic mass is 10.1. The maximum absolute atomic E-state index is 12.8. The van der Waals surface area contributed by atoms with E-state index >= 15 is 0 Å². The second kappa shape index (κ2) is 15.8. The summed E-state index contributed by atoms with van der Waals surface area (Å²) in [5.41, 5.74) is 2.60. The number of amides is 1. The molecule has 0 spiro atoms. The summed E-state index contributed by atoms with van der Waals surface area (Å²) in [5, 5.41) is 23.3. The van der Waals surface area contributed by atoms with Crippen molar-refractivity contribution in [3.05, 3.63) is 76.9 Å². The standard InChI is InChI=1S/C32H39N13O4/c1-32(2,3)49-31(47)45-15-13-44(14-16-45)20-22-7-6-8-24(17-22)35-29-37-28(34-19-26-40-42-43-41-26)38-30(39-29)36-25(27(46)48-5)18-21-9-11-23(33-4)12-10-21/h6-12,17,25H,13-16,18-20H2,1-3,5H3,(H,40,41,42,43)(H3,34,35,36,37,38,39)/t25-/m0/s1. The second-order valence-electron chi connectivity index (χ2n) is 12.3. The van der Waals surface area contributed by atoms with Crippen LogP contribution in [0.15, 0.2) is 48.5 Å². The number of H-pyrrole nitrogens is 1. The summed E-state index contributed by atoms with van der Waals surface area (Å²) in [5.74, 6) is 0.444. The molecule has 2 aromatic heterocycles. The molecule has 17 nitrogen and oxygen atoms in total. The third-order valence-corrected chi connectivity index (χ3v) is 7.34. The van der Waals surface area contributed by atoms with E-state index in [-0.39, 0.29) is 36.9 Å². The van der Waals surface area contributed by atoms with Crippen LogP contribution in [0.5, 0.6) is 0 Å². The van der Waals surface area contributed by atoms with Gasteiger partial charge in [-0.2, -0.15) is 20.2 Å². The third-order valence-electron chi connectivity index (χ3n) is 7.34. The van der Waals surface area contributed by atoms with Gasteiger partial charge in [-0.15, -0.1) is 10.2 Å². The first-order valence-electron chi connectivity index (χ1n) is 15.7. The van der Waals surface area contributed by atoms with Crippen LogP contribution in [0.3, 0.4) is 0 Å². The highest BCUT2D eigenvalue weighted by molar-refractivity contribution is 5.79. The Hall–Kier alpha value is -5.89. The van der Waals surface area contributed by atoms with Crippen molar-refractivity contribution in [1.29, 1.82) is 0 Å². The topological polar surface area (TPSA) is 193 Å². The van der Waals surface area contributed by atoms with Gasteiger partial charge in [0, 0.05) is 44.8 Å². The summed E-state index contributed by atoms with van der Waals surface area (Å²) < 4.78 is 10.6. The summed E-state index contributed by atoms with van der Waals surface area (Å²) in [6.07, 6.45) is -0.0251. The van der Waals surface area contributed by atoms with Gasteiger partial charge in [0.05, 0.1) is 20.2 Å². The lowest BCUT2D eigenvalue weighted by molar-refractivity contribution is -0.141. The van der Waals surface area contributed by atoms with Gasteiger partial charge in [-0.05, 0) is 44.0 Å². The summed E-state index contributed by atoms with van der Waals surface area (Å²) in [7, 11) is 1.31. The Kier molecular flexibility index (Phi) is 11.1. The van der Waals surface area contributed by atoms with Gasteiger partial charge in [0.2, 0.25) is 17.8 Å². The maximum atomic E-state index is 12.8. The Morgan fingerprint density at radius 1 is 1.00 bits per heavy atom. The number of esters is 1. The highest BCUT2D eigenvalue weighted by Crippen LogP contribution is 2.21. The van der Waals surface area contributed by atoms with Gasteiger partial charge >= 0.3 is 12.1 Å². The number of ether oxygens (including phenoxy) is 2. The van der Waals surface area contributed by atoms with Crippen molar-refractivity contribution >= 4 is 41.3 Å². The first-order chi connectivity index (χ1) is 23.6. The first-order valence-corrected chi connectivity index (χ1v) is 15.7. The van der Waals surface area contributed by atoms with Gasteiger partial charge in [0.25, 0.3) is 0 Å². The molecule has 4 N–H and O–H groups in total. The average molecular weight is 670 g/mol. The summed E-state index contributed by atoms with van der Waals surface area (Å²) in [6.45, 7) is 16.3. The monoisotopic (exact) mass is 669 g/mol. The quantitative estimate of drug-likeness (QED) is 0.126. The molecule has 1 atom stereocenters. The zero-order valence-corrected chi connectivity index (χ0v) is 27.8. The first kappa shape index (κ1) is 34.4. The molecule has 4 aromatic rings. The second-order valence-corrected chi connectivity index (χ2v) is 12.3. The Bertz CT molecular complexity index is 1750. The van der Waals surface area contributed by atoms with Crippen molar-refractivity contribution in [2.45, 2.75) is 51.9 Å². The molecule has 1 amide bonds. The molecule has 1 aliphatic heterocycles. The molecule has 1 fully saturated rings. The minimum absolute atomic E-state index is 0.125. The van der Waals surface area contributed by atoms with Crippen LogP contribution in [0.1, 0.15) is 37.7 Å². The normalized spacial score (nSPS) is 14.0. The predicted molar refractivity (Wildman–Crippen MR) is 180 cm³/mol. The van der Waals surface area contributed by atoms with E-state index in [1.54, 1.807) is 29.2 Å². The fourth-order valence-corrected chi connectivity index (χ4v) is 4.97. The van der Waals surface area contributed by atoms with Crippen molar-refractivity contribution in [3.63, 3.8) is 0 Å². The number of piperazine rings is 1. The van der Waals surface area contributed by atoms with Crippen LogP contribution in [0.25, 0.3) is 4.85 Å². The van der Waals surface area contributed by atoms with E-state index in [4.69, 9.17) is 16.0 Å². The number of nitrogens with zero attached hydrogens (tertiary/aromatic N) is 9. The number of hydrogen-bond donors (Lipinski definition) is 4. The number of carbonyl (C=O) groups is 2. The molecule has 0 radical (unpaired) electrons. The van der Waals surface area contributed by atoms with E-state index in [0.29, 0.717) is 31.1 Å². The van der Waals surface area contributed by atoms with Crippen LogP contribution in [0.2, 0.25) is 0 Å². The number of anilines is 4. The van der Waals surface area contributed by atoms with Gasteiger partial charge in [-0.1, -0.05) is 41.6 Å². The fourth-order valence-electron chi connectivity index (χ4n) is 4.97. The van der Waals surface area contributed by atoms with Crippen molar-refractivity contribution in [2.24, 2.45) is 0 Å². The SMILES string of the molecule is [C-]#[N+]c1ccc(C[C@H](Nc2nc(NCc3nn[nH]n3)nc(Nc3cccc(CN4CCN(C(=O)OC(C)(C)C)CC4)c3)n2)C(=O)OC)cc1. The van der Waals surface area contributed by atoms with E-state index in [0.717, 1.165) is 29.9 Å². The van der Waals surface area contributed by atoms with Crippen molar-refractivity contribution in [2.75, 3.05) is 49.2 Å². The number of aromatic nitrogens is 7. The lowest BCUT2D eigenvalue weighted by Crippen LogP contribution is -2.49. The van der Waals surface area contributed by atoms with E-state index in [1.165, 1.54) is 7.11 Å². The number of tetrazole rings is 1. The van der Waals surface area contributed by atoms with Crippen LogP contribution in [-0.2, 0) is 33.8 Å². The molecule has 3 heterocycles. The Balaban J connectivity index is 1.29. The number of benzene rings is 2. The van der Waals surface area contributed by atoms with Crippen molar-refractivity contribution in [3.8, 4) is 0 Å². The third kappa shape index (κ3) is 10.3. The molecule has 0 saturated carbocycles. The molecule has 256 valence electrons. The summed E-state index contributed by atoms with van der Waals surface area (Å²) >= 11 is 0. The largest absolute Gasteiger partial charge is 0.467 e. The number of aromatic amines is 1. The highest BCUT2D eigenvalue weighted by atomic mass is 16.6. The molecule has 0 unspecified atom stereocenters. The van der Waals surface area contributed by atoms with Gasteiger partial charge in [0.1, 0.15) is 11.6 Å². The van der Waals surface area contributed by atoms with E-state index < -0.39 is 17.6 Å². The van der Waals surface area contributed by atoms with Crippen molar-refractivity contribution < 1.29 is 19.1 Å². The highest BCUT2D eigenvalue weighted by Gasteiger charge is 2.26. The van der Waals surface area contributed by atoms with Gasteiger partial charge in [-0.3, -0.25) is 4.90 Å². The molecular formula is C32H39N13O4. The summed E-state index contributed by atoms with van der Waals surface area (Å²) in [6, 6.07) is 14.0. The van der Waals surface area contributed by atoms with Crippen LogP contribution in [-0.4, -0.2) is 102 Å². The Morgan fingerprint density at radius 2 is 1.73 bits per heavy atom. The summed E-state index contributed by atoms with van der Waals surface area (Å²) in [4.78, 5) is 46.3. The molecule has 49 heavy (non-hydrogen) atoms. The van der Waals surface area contributed by atoms with Crippen LogP contribution in [0.4, 0.5) is 34.0 Å². The average Bonchev–Trinajstić information content (AvgIpc) is 3.61. The van der Waals surface area contributed by atoms with E-state index in [2.05, 4.69) is 61.3 Å². The molecule has 0 bridgehead atoms. The number of methoxy groups -OCH3 is 1. The number of carbonyl (C=O) groups excluding carboxylic acids is 2. The minimum atomic E-state index is -0.830. The van der Waals surface area contributed by atoms with E-state index in [9.17, 15) is 9.59 Å². The van der Waals surface area contributed by atoms with E-state index in [1.807, 2.05) is 45.0 Å². The lowest BCUT2D eigenvalue weighted by Gasteiger charge is -2.35. The van der Waals surface area contributed by atoms with Crippen LogP contribution >= 0.6 is 0 Å². The molecule has 17 heteroatoms. The smallest absolute Gasteiger partial charge is 0.410 e. The maximum Gasteiger partial charge on any atom is 0.410 e. The zero-order chi connectivity index (χ0) is 34.8. The number of hydrogen-bond acceptors (Lipinski definition) is 14. The van der Waals surface area contributed by atoms with Gasteiger partial charge in [0.15, 0.2) is 11.5 Å². The fraction of sp³-hybridized carbons (Fsp3) is 0.406. The molecule has 1 aliphatic rings. The molecule has 1 saturated heterocycles. The molecule has 0 aliphatic carbocycles. The molecule has 2 aromatic carbocycles. The number of rotatable bonds is 12. The van der Waals surface area contributed by atoms with Gasteiger partial charge in [-0.25, -0.2) is 14.4 Å². The predicted octanol–water partition coefficient (Wildman–Crippen LogP) is 3.54. The van der Waals surface area contributed by atoms with Crippen LogP contribution in [0, 0.1) is 6.57 Å².